The van der Waals surface area contributed by atoms with Gasteiger partial charge in [0.05, 0.1) is 23.8 Å². The lowest BCUT2D eigenvalue weighted by Crippen LogP contribution is -2.64. The fourth-order valence-corrected chi connectivity index (χ4v) is 6.77. The Hall–Kier alpha value is -4.60. The molecule has 260 valence electrons. The van der Waals surface area contributed by atoms with E-state index in [1.165, 1.54) is 19.0 Å². The van der Waals surface area contributed by atoms with E-state index >= 15 is 0 Å². The van der Waals surface area contributed by atoms with E-state index in [1.54, 1.807) is 25.1 Å². The van der Waals surface area contributed by atoms with Crippen molar-refractivity contribution in [3.05, 3.63) is 39.9 Å². The van der Waals surface area contributed by atoms with Gasteiger partial charge in [0, 0.05) is 50.7 Å². The summed E-state index contributed by atoms with van der Waals surface area (Å²) < 4.78 is 5.53. The molecule has 0 spiro atoms. The molecule has 0 fully saturated rings. The van der Waals surface area contributed by atoms with Crippen LogP contribution in [-0.2, 0) is 30.4 Å². The minimum Gasteiger partial charge on any atom is -0.510 e. The molecule has 48 heavy (non-hydrogen) atoms. The van der Waals surface area contributed by atoms with E-state index in [1.807, 2.05) is 26.1 Å². The lowest BCUT2D eigenvalue weighted by molar-refractivity contribution is -0.149. The Morgan fingerprint density at radius 3 is 2.21 bits per heavy atom. The molecule has 0 saturated heterocycles. The maximum Gasteiger partial charge on any atom is 0.308 e. The number of fused-ring (bicyclic) bond motifs is 3. The maximum atomic E-state index is 14.5. The highest BCUT2D eigenvalue weighted by Gasteiger charge is 2.63. The number of anilines is 2. The van der Waals surface area contributed by atoms with E-state index in [0.29, 0.717) is 11.3 Å². The number of imide groups is 1. The summed E-state index contributed by atoms with van der Waals surface area (Å²) >= 11 is 0. The SMILES string of the molecule is CC(=O)NC(=O)C1=C(O)[C@@H](N(C)C)[C@@H]2C[C@@H]3Cc4c(N(C)C)cc(NC(=O)CNC(C)(C)C)c(OC(C)=O)c4C(=O)C3=C(O)[C@]2(O)C1=O. The van der Waals surface area contributed by atoms with Crippen molar-refractivity contribution in [1.29, 1.82) is 0 Å². The zero-order valence-corrected chi connectivity index (χ0v) is 28.5. The number of allylic oxidation sites excluding steroid dienone is 1. The molecule has 0 saturated carbocycles. The standard InChI is InChI=1S/C33H43N5O10/c1-14(39)35-31(46)24-27(43)25(38(8)9)18-11-16-10-17-20(37(6)7)12-19(36-21(41)13-34-32(3,4)5)28(48-15(2)40)23(17)26(42)22(16)29(44)33(18,47)30(24)45/h12,16,18,25,34,43-44,47H,10-11,13H2,1-9H3,(H,36,41)(H,35,39,46)/t16-,18-,25-,33-/m0/s1. The van der Waals surface area contributed by atoms with E-state index < -0.39 is 81.4 Å². The molecule has 3 aliphatic carbocycles. The van der Waals surface area contributed by atoms with Crippen LogP contribution in [-0.4, -0.2) is 107 Å². The number of carbonyl (C=O) groups is 6. The van der Waals surface area contributed by atoms with Crippen molar-refractivity contribution in [3.8, 4) is 5.75 Å². The Bertz CT molecular complexity index is 1690. The highest BCUT2D eigenvalue weighted by atomic mass is 16.5. The molecule has 0 aromatic heterocycles. The van der Waals surface area contributed by atoms with Gasteiger partial charge in [0.15, 0.2) is 17.1 Å². The number of hydrogen-bond donors (Lipinski definition) is 6. The van der Waals surface area contributed by atoms with E-state index in [-0.39, 0.29) is 42.0 Å². The first-order valence-corrected chi connectivity index (χ1v) is 15.4. The smallest absolute Gasteiger partial charge is 0.308 e. The second-order valence-corrected chi connectivity index (χ2v) is 13.9. The molecule has 4 rings (SSSR count). The van der Waals surface area contributed by atoms with Gasteiger partial charge in [-0.15, -0.1) is 0 Å². The summed E-state index contributed by atoms with van der Waals surface area (Å²) in [6.45, 7) is 7.65. The van der Waals surface area contributed by atoms with Gasteiger partial charge in [0.25, 0.3) is 5.91 Å². The van der Waals surface area contributed by atoms with Crippen LogP contribution in [0.25, 0.3) is 0 Å². The third-order valence-electron chi connectivity index (χ3n) is 8.73. The van der Waals surface area contributed by atoms with Crippen molar-refractivity contribution in [2.24, 2.45) is 11.8 Å². The number of ether oxygens (including phenoxy) is 1. The predicted octanol–water partition coefficient (Wildman–Crippen LogP) is 0.910. The van der Waals surface area contributed by atoms with E-state index in [2.05, 4.69) is 10.6 Å². The quantitative estimate of drug-likeness (QED) is 0.135. The number of aliphatic hydroxyl groups is 3. The summed E-state index contributed by atoms with van der Waals surface area (Å²) in [5.74, 6) is -9.64. The Balaban J connectivity index is 1.95. The zero-order chi connectivity index (χ0) is 36.2. The molecule has 3 amide bonds. The number of amides is 3. The molecule has 0 radical (unpaired) electrons. The fraction of sp³-hybridized carbons (Fsp3) is 0.515. The third kappa shape index (κ3) is 6.32. The Morgan fingerprint density at radius 2 is 1.69 bits per heavy atom. The average Bonchev–Trinajstić information content (AvgIpc) is 2.93. The Kier molecular flexibility index (Phi) is 9.65. The summed E-state index contributed by atoms with van der Waals surface area (Å²) in [4.78, 5) is 81.5. The van der Waals surface area contributed by atoms with Gasteiger partial charge in [-0.05, 0) is 65.3 Å². The number of Topliss-reactive ketones (excluding diaryl/α,β-unsaturated/α-hetero) is 2. The molecular weight excluding hydrogens is 626 g/mol. The minimum absolute atomic E-state index is 0.00473. The number of hydrogen-bond acceptors (Lipinski definition) is 13. The minimum atomic E-state index is -2.85. The van der Waals surface area contributed by atoms with Gasteiger partial charge >= 0.3 is 5.97 Å². The maximum absolute atomic E-state index is 14.5. The van der Waals surface area contributed by atoms with E-state index in [4.69, 9.17) is 4.74 Å². The third-order valence-corrected chi connectivity index (χ3v) is 8.73. The predicted molar refractivity (Wildman–Crippen MR) is 174 cm³/mol. The number of rotatable bonds is 7. The number of nitrogens with zero attached hydrogens (tertiary/aromatic N) is 2. The zero-order valence-electron chi connectivity index (χ0n) is 28.5. The number of aliphatic hydroxyl groups excluding tert-OH is 2. The Morgan fingerprint density at radius 1 is 1.06 bits per heavy atom. The number of nitrogens with one attached hydrogen (secondary N) is 3. The molecule has 1 aromatic carbocycles. The van der Waals surface area contributed by atoms with Gasteiger partial charge in [-0.1, -0.05) is 0 Å². The molecule has 15 nitrogen and oxygen atoms in total. The molecular formula is C33H43N5O10. The van der Waals surface area contributed by atoms with Crippen LogP contribution in [0, 0.1) is 11.8 Å². The number of ketones is 2. The summed E-state index contributed by atoms with van der Waals surface area (Å²) in [5.41, 5.74) is -3.72. The van der Waals surface area contributed by atoms with Crippen LogP contribution in [0.3, 0.4) is 0 Å². The van der Waals surface area contributed by atoms with Crippen molar-refractivity contribution >= 4 is 46.6 Å². The monoisotopic (exact) mass is 669 g/mol. The first kappa shape index (κ1) is 36.2. The van der Waals surface area contributed by atoms with Crippen LogP contribution in [0.5, 0.6) is 5.75 Å². The summed E-state index contributed by atoms with van der Waals surface area (Å²) in [6.07, 6.45) is -0.0147. The van der Waals surface area contributed by atoms with Gasteiger partial charge in [0.1, 0.15) is 17.1 Å². The summed E-state index contributed by atoms with van der Waals surface area (Å²) in [6, 6.07) is 0.402. The number of carbonyl (C=O) groups excluding carboxylic acids is 6. The lowest BCUT2D eigenvalue weighted by Gasteiger charge is -2.50. The molecule has 4 atom stereocenters. The summed E-state index contributed by atoms with van der Waals surface area (Å²) in [7, 11) is 6.52. The van der Waals surface area contributed by atoms with E-state index in [9.17, 15) is 44.1 Å². The lowest BCUT2D eigenvalue weighted by atomic mass is 9.58. The Labute approximate surface area is 278 Å². The van der Waals surface area contributed by atoms with Crippen molar-refractivity contribution in [2.75, 3.05) is 45.0 Å². The normalized spacial score (nSPS) is 23.7. The molecule has 6 N–H and O–H groups in total. The largest absolute Gasteiger partial charge is 0.510 e. The first-order valence-electron chi connectivity index (χ1n) is 15.4. The van der Waals surface area contributed by atoms with Crippen molar-refractivity contribution in [1.82, 2.24) is 15.5 Å². The molecule has 1 aromatic rings. The fourth-order valence-electron chi connectivity index (χ4n) is 6.77. The number of likely N-dealkylation sites (N-methyl/N-ethyl adjacent to an activating group) is 1. The van der Waals surface area contributed by atoms with Crippen LogP contribution in [0.4, 0.5) is 11.4 Å². The average molecular weight is 670 g/mol. The summed E-state index contributed by atoms with van der Waals surface area (Å²) in [5, 5.41) is 42.7. The first-order chi connectivity index (χ1) is 22.1. The molecule has 3 aliphatic rings. The van der Waals surface area contributed by atoms with E-state index in [0.717, 1.165) is 13.8 Å². The van der Waals surface area contributed by atoms with Gasteiger partial charge in [0.2, 0.25) is 17.6 Å². The molecule has 15 heteroatoms. The van der Waals surface area contributed by atoms with Crippen LogP contribution >= 0.6 is 0 Å². The highest BCUT2D eigenvalue weighted by molar-refractivity contribution is 6.27. The topological polar surface area (TPSA) is 215 Å². The van der Waals surface area contributed by atoms with Crippen molar-refractivity contribution in [3.63, 3.8) is 0 Å². The van der Waals surface area contributed by atoms with Crippen LogP contribution < -0.4 is 25.6 Å². The second-order valence-electron chi connectivity index (χ2n) is 13.9. The van der Waals surface area contributed by atoms with Gasteiger partial charge < -0.3 is 35.6 Å². The van der Waals surface area contributed by atoms with Crippen LogP contribution in [0.15, 0.2) is 28.7 Å². The number of benzene rings is 1. The van der Waals surface area contributed by atoms with Gasteiger partial charge in [-0.25, -0.2) is 0 Å². The molecule has 0 heterocycles. The number of esters is 1. The van der Waals surface area contributed by atoms with Crippen LogP contribution in [0.2, 0.25) is 0 Å². The van der Waals surface area contributed by atoms with Gasteiger partial charge in [-0.2, -0.15) is 0 Å². The van der Waals surface area contributed by atoms with Crippen molar-refractivity contribution in [2.45, 2.75) is 64.6 Å². The van der Waals surface area contributed by atoms with Crippen molar-refractivity contribution < 1.29 is 48.8 Å². The second kappa shape index (κ2) is 12.8. The highest BCUT2D eigenvalue weighted by Crippen LogP contribution is 2.54. The van der Waals surface area contributed by atoms with Crippen LogP contribution in [0.1, 0.15) is 57.0 Å². The van der Waals surface area contributed by atoms with Gasteiger partial charge in [-0.3, -0.25) is 39.0 Å². The molecule has 0 unspecified atom stereocenters. The molecule has 0 aliphatic heterocycles. The molecule has 0 bridgehead atoms.